The molecule has 1 aromatic rings. The third-order valence-electron chi connectivity index (χ3n) is 4.55. The van der Waals surface area contributed by atoms with E-state index in [4.69, 9.17) is 4.42 Å². The number of methoxy groups -OCH3 is 1. The summed E-state index contributed by atoms with van der Waals surface area (Å²) in [5.74, 6) is 2.01. The number of furan rings is 1. The van der Waals surface area contributed by atoms with Crippen LogP contribution in [0.15, 0.2) is 34.7 Å². The molecule has 2 rings (SSSR count). The molecule has 1 fully saturated rings. The number of carboxylic acid groups (broad SMARTS) is 1. The molecule has 2 atom stereocenters. The van der Waals surface area contributed by atoms with E-state index in [1.165, 1.54) is 6.26 Å². The van der Waals surface area contributed by atoms with E-state index in [2.05, 4.69) is 16.6 Å². The Balaban J connectivity index is 2.27. The zero-order chi connectivity index (χ0) is 17.3. The van der Waals surface area contributed by atoms with Gasteiger partial charge in [0.2, 0.25) is 5.83 Å². The molecule has 0 amide bonds. The van der Waals surface area contributed by atoms with E-state index < -0.39 is 34.5 Å². The number of carboxylic acids is 1. The highest BCUT2D eigenvalue weighted by molar-refractivity contribution is 5.87. The zero-order valence-corrected chi connectivity index (χ0v) is 13.1. The summed E-state index contributed by atoms with van der Waals surface area (Å²) in [6.45, 7) is 3.42. The Morgan fingerprint density at radius 1 is 1.52 bits per heavy atom. The molecule has 1 aliphatic rings. The normalized spacial score (nSPS) is 25.2. The lowest BCUT2D eigenvalue weighted by Gasteiger charge is -2.11. The van der Waals surface area contributed by atoms with Gasteiger partial charge in [-0.25, -0.2) is 4.79 Å². The summed E-state index contributed by atoms with van der Waals surface area (Å²) in [7, 11) is 1.06. The van der Waals surface area contributed by atoms with E-state index >= 15 is 0 Å². The lowest BCUT2D eigenvalue weighted by atomic mass is 9.92. The van der Waals surface area contributed by atoms with Crippen LogP contribution in [0.25, 0.3) is 0 Å². The smallest absolute Gasteiger partial charge is 0.366 e. The quantitative estimate of drug-likeness (QED) is 0.524. The molecule has 0 saturated heterocycles. The first-order valence-electron chi connectivity index (χ1n) is 6.98. The number of carbonyl (C=O) groups is 2. The highest BCUT2D eigenvalue weighted by atomic mass is 19.1. The topological polar surface area (TPSA) is 76.7 Å². The van der Waals surface area contributed by atoms with Crippen molar-refractivity contribution in [2.45, 2.75) is 20.3 Å². The van der Waals surface area contributed by atoms with E-state index in [0.717, 1.165) is 13.2 Å². The summed E-state index contributed by atoms with van der Waals surface area (Å²) < 4.78 is 23.1. The second-order valence-corrected chi connectivity index (χ2v) is 5.94. The Bertz CT molecular complexity index is 705. The van der Waals surface area contributed by atoms with Crippen LogP contribution in [0.1, 0.15) is 26.0 Å². The summed E-state index contributed by atoms with van der Waals surface area (Å²) in [6.07, 6.45) is 2.51. The number of rotatable bonds is 4. The number of hydrogen-bond acceptors (Lipinski definition) is 4. The fourth-order valence-electron chi connectivity index (χ4n) is 3.00. The van der Waals surface area contributed by atoms with E-state index in [0.29, 0.717) is 5.76 Å². The van der Waals surface area contributed by atoms with Crippen molar-refractivity contribution in [1.29, 1.82) is 0 Å². The molecule has 5 nitrogen and oxygen atoms in total. The minimum Gasteiger partial charge on any atom is -0.481 e. The van der Waals surface area contributed by atoms with Crippen LogP contribution in [-0.4, -0.2) is 24.2 Å². The summed E-state index contributed by atoms with van der Waals surface area (Å²) >= 11 is 0. The van der Waals surface area contributed by atoms with Gasteiger partial charge in [-0.2, -0.15) is 4.39 Å². The Kier molecular flexibility index (Phi) is 4.33. The second kappa shape index (κ2) is 5.92. The molecule has 1 aromatic heterocycles. The predicted molar refractivity (Wildman–Crippen MR) is 78.7 cm³/mol. The maximum absolute atomic E-state index is 13.7. The Hall–Kier alpha value is -2.55. The standard InChI is InChI=1S/C17H17FO5/c1-16(2)13(10-12(18)14(19)22-3)17(16,15(20)21)8-4-6-11-7-5-9-23-11/h5,7,9-10,13H,8H2,1-3H3,(H,20,21)/b12-10-/t13-,17-/m0/s1. The first-order valence-corrected chi connectivity index (χ1v) is 6.98. The number of carbonyl (C=O) groups excluding carboxylic acids is 1. The van der Waals surface area contributed by atoms with Crippen molar-refractivity contribution in [3.05, 3.63) is 36.1 Å². The van der Waals surface area contributed by atoms with E-state index in [9.17, 15) is 19.1 Å². The Morgan fingerprint density at radius 3 is 2.74 bits per heavy atom. The molecule has 23 heavy (non-hydrogen) atoms. The monoisotopic (exact) mass is 320 g/mol. The van der Waals surface area contributed by atoms with Gasteiger partial charge in [0.25, 0.3) is 0 Å². The van der Waals surface area contributed by atoms with Crippen molar-refractivity contribution in [2.24, 2.45) is 16.7 Å². The Labute approximate surface area is 133 Å². The molecule has 0 aliphatic heterocycles. The molecule has 0 spiro atoms. The van der Waals surface area contributed by atoms with Gasteiger partial charge >= 0.3 is 11.9 Å². The lowest BCUT2D eigenvalue weighted by Crippen LogP contribution is -2.21. The van der Waals surface area contributed by atoms with Gasteiger partial charge in [-0.1, -0.05) is 19.8 Å². The number of esters is 1. The largest absolute Gasteiger partial charge is 0.481 e. The van der Waals surface area contributed by atoms with Crippen molar-refractivity contribution in [3.63, 3.8) is 0 Å². The van der Waals surface area contributed by atoms with Crippen LogP contribution in [0.2, 0.25) is 0 Å². The van der Waals surface area contributed by atoms with Gasteiger partial charge in [0.05, 0.1) is 18.8 Å². The number of halogens is 1. The number of aliphatic carboxylic acids is 1. The third-order valence-corrected chi connectivity index (χ3v) is 4.55. The van der Waals surface area contributed by atoms with Crippen molar-refractivity contribution in [1.82, 2.24) is 0 Å². The first-order chi connectivity index (χ1) is 10.8. The SMILES string of the molecule is COC(=O)/C(F)=C/[C@H]1C(C)(C)[C@]1(CC#Cc1ccco1)C(=O)O. The average Bonchev–Trinajstić information content (AvgIpc) is 2.87. The van der Waals surface area contributed by atoms with Gasteiger partial charge in [-0.3, -0.25) is 4.79 Å². The van der Waals surface area contributed by atoms with Crippen LogP contribution in [0.3, 0.4) is 0 Å². The van der Waals surface area contributed by atoms with Crippen LogP contribution in [0.5, 0.6) is 0 Å². The molecule has 6 heteroatoms. The summed E-state index contributed by atoms with van der Waals surface area (Å²) in [5.41, 5.74) is -1.99. The van der Waals surface area contributed by atoms with E-state index in [1.54, 1.807) is 26.0 Å². The van der Waals surface area contributed by atoms with Crippen molar-refractivity contribution in [2.75, 3.05) is 7.11 Å². The highest BCUT2D eigenvalue weighted by Crippen LogP contribution is 2.71. The molecular formula is C17H17FO5. The molecule has 0 radical (unpaired) electrons. The average molecular weight is 320 g/mol. The first kappa shape index (κ1) is 16.8. The predicted octanol–water partition coefficient (Wildman–Crippen LogP) is 2.77. The number of hydrogen-bond donors (Lipinski definition) is 1. The van der Waals surface area contributed by atoms with Gasteiger partial charge in [-0.05, 0) is 29.5 Å². The highest BCUT2D eigenvalue weighted by Gasteiger charge is 2.74. The van der Waals surface area contributed by atoms with Crippen LogP contribution in [0, 0.1) is 28.6 Å². The Morgan fingerprint density at radius 2 is 2.22 bits per heavy atom. The number of ether oxygens (including phenoxy) is 1. The van der Waals surface area contributed by atoms with Crippen LogP contribution in [0.4, 0.5) is 4.39 Å². The maximum Gasteiger partial charge on any atom is 0.366 e. The van der Waals surface area contributed by atoms with E-state index in [1.807, 2.05) is 0 Å². The van der Waals surface area contributed by atoms with Crippen LogP contribution in [-0.2, 0) is 14.3 Å². The molecule has 1 saturated carbocycles. The van der Waals surface area contributed by atoms with Gasteiger partial charge in [-0.15, -0.1) is 0 Å². The van der Waals surface area contributed by atoms with Gasteiger partial charge in [0.1, 0.15) is 0 Å². The van der Waals surface area contributed by atoms with Crippen molar-refractivity contribution in [3.8, 4) is 11.8 Å². The van der Waals surface area contributed by atoms with E-state index in [-0.39, 0.29) is 6.42 Å². The molecular weight excluding hydrogens is 303 g/mol. The molecule has 0 bridgehead atoms. The third kappa shape index (κ3) is 2.74. The van der Waals surface area contributed by atoms with Crippen molar-refractivity contribution >= 4 is 11.9 Å². The minimum absolute atomic E-state index is 0.0195. The molecule has 0 unspecified atom stereocenters. The van der Waals surface area contributed by atoms with Crippen LogP contribution < -0.4 is 0 Å². The van der Waals surface area contributed by atoms with Crippen LogP contribution >= 0.6 is 0 Å². The maximum atomic E-state index is 13.7. The lowest BCUT2D eigenvalue weighted by molar-refractivity contribution is -0.145. The fraction of sp³-hybridized carbons (Fsp3) is 0.412. The van der Waals surface area contributed by atoms with Gasteiger partial charge in [0.15, 0.2) is 5.76 Å². The summed E-state index contributed by atoms with van der Waals surface area (Å²) in [6, 6.07) is 3.34. The molecule has 1 N–H and O–H groups in total. The van der Waals surface area contributed by atoms with Crippen molar-refractivity contribution < 1.29 is 28.2 Å². The zero-order valence-electron chi connectivity index (χ0n) is 13.1. The van der Waals surface area contributed by atoms with Gasteiger partial charge in [0, 0.05) is 12.3 Å². The number of allylic oxidation sites excluding steroid dienone is 1. The fourth-order valence-corrected chi connectivity index (χ4v) is 3.00. The molecule has 1 aliphatic carbocycles. The molecule has 0 aromatic carbocycles. The molecule has 122 valence electrons. The summed E-state index contributed by atoms with van der Waals surface area (Å²) in [5, 5.41) is 9.62. The second-order valence-electron chi connectivity index (χ2n) is 5.94. The summed E-state index contributed by atoms with van der Waals surface area (Å²) in [4.78, 5) is 22.9. The van der Waals surface area contributed by atoms with Gasteiger partial charge < -0.3 is 14.3 Å². The molecule has 1 heterocycles. The minimum atomic E-state index is -1.25.